The number of ether oxygens (including phenoxy) is 5. The summed E-state index contributed by atoms with van der Waals surface area (Å²) in [5.74, 6) is 2.07. The zero-order chi connectivity index (χ0) is 62.0. The largest absolute Gasteiger partial charge is 0.491 e. The van der Waals surface area contributed by atoms with Crippen molar-refractivity contribution in [1.82, 2.24) is 5.32 Å². The Kier molecular flexibility index (Phi) is 29.7. The number of anilines is 3. The second-order valence-electron chi connectivity index (χ2n) is 18.7. The molecule has 8 aromatic rings. The first kappa shape index (κ1) is 71.4. The summed E-state index contributed by atoms with van der Waals surface area (Å²) in [4.78, 5) is 0.558. The van der Waals surface area contributed by atoms with Gasteiger partial charge in [-0.2, -0.15) is 0 Å². The van der Waals surface area contributed by atoms with Crippen molar-refractivity contribution in [1.29, 1.82) is 0 Å². The molecule has 0 radical (unpaired) electrons. The summed E-state index contributed by atoms with van der Waals surface area (Å²) in [5.41, 5.74) is 14.7. The molecule has 0 amide bonds. The second kappa shape index (κ2) is 36.2. The zero-order valence-corrected chi connectivity index (χ0v) is 52.3. The minimum absolute atomic E-state index is 0. The minimum atomic E-state index is -3.64. The molecule has 0 spiro atoms. The molecule has 8 aromatic carbocycles. The van der Waals surface area contributed by atoms with Crippen molar-refractivity contribution in [2.24, 2.45) is 5.73 Å². The first-order valence-electron chi connectivity index (χ1n) is 26.4. The van der Waals surface area contributed by atoms with Gasteiger partial charge in [0.1, 0.15) is 55.4 Å². The van der Waals surface area contributed by atoms with E-state index in [0.717, 1.165) is 48.6 Å². The van der Waals surface area contributed by atoms with Crippen LogP contribution in [0.5, 0.6) is 17.2 Å². The van der Waals surface area contributed by atoms with Gasteiger partial charge in [0, 0.05) is 34.3 Å². The molecule has 0 saturated carbocycles. The fourth-order valence-electron chi connectivity index (χ4n) is 7.03. The van der Waals surface area contributed by atoms with Gasteiger partial charge in [0.15, 0.2) is 0 Å². The Bertz CT molecular complexity index is 3660. The molecule has 2 aliphatic rings. The lowest BCUT2D eigenvalue weighted by Gasteiger charge is -2.14. The topological polar surface area (TPSA) is 264 Å². The van der Waals surface area contributed by atoms with Gasteiger partial charge in [0.05, 0.1) is 48.0 Å². The van der Waals surface area contributed by atoms with Crippen LogP contribution in [0, 0.1) is 0 Å². The molecule has 2 saturated heterocycles. The Hall–Kier alpha value is -6.34. The highest BCUT2D eigenvalue weighted by atomic mass is 35.7. The number of nitrogens with one attached hydrogen (secondary N) is 3. The van der Waals surface area contributed by atoms with E-state index in [9.17, 15) is 30.4 Å². The molecule has 25 heteroatoms. The summed E-state index contributed by atoms with van der Waals surface area (Å²) in [5, 5.41) is 15.5. The highest BCUT2D eigenvalue weighted by Gasteiger charge is 2.24. The van der Waals surface area contributed by atoms with Crippen molar-refractivity contribution < 1.29 is 54.0 Å². The van der Waals surface area contributed by atoms with Gasteiger partial charge < -0.3 is 45.6 Å². The summed E-state index contributed by atoms with van der Waals surface area (Å²) < 4.78 is 102. The van der Waals surface area contributed by atoms with Gasteiger partial charge in [0.2, 0.25) is 0 Å². The van der Waals surface area contributed by atoms with E-state index in [-0.39, 0.29) is 34.8 Å². The third kappa shape index (κ3) is 27.3. The Balaban J connectivity index is 0.000000215. The van der Waals surface area contributed by atoms with Crippen molar-refractivity contribution in [3.8, 4) is 17.2 Å². The molecule has 466 valence electrons. The van der Waals surface area contributed by atoms with Crippen LogP contribution in [0.1, 0.15) is 18.6 Å². The van der Waals surface area contributed by atoms with E-state index in [1.165, 1.54) is 24.3 Å². The number of nitrogen functional groups attached to an aromatic ring is 1. The SMILES string of the molecule is C.NCCc1ccc(Cl)c(Cl)c1.Nc1ccc(OC[C@@H]2CO2)cc1.O=S(=O)(Cl)c1ccccc1.O=S(=O)(Nc1ccc(OC[C@@H](O)CNCCc2ccc(Cl)c(Cl)c2)cc1)c1ccccc1.O=S(=O)(Nc1ccc(OC[C@@H]2CO2)cc1)c1ccccc1. The maximum absolute atomic E-state index is 12.4. The van der Waals surface area contributed by atoms with E-state index in [1.54, 1.807) is 127 Å². The van der Waals surface area contributed by atoms with Gasteiger partial charge >= 0.3 is 0 Å². The molecule has 0 aromatic heterocycles. The number of aliphatic hydroxyl groups is 1. The van der Waals surface area contributed by atoms with E-state index in [2.05, 4.69) is 14.8 Å². The van der Waals surface area contributed by atoms with Crippen molar-refractivity contribution in [3.63, 3.8) is 0 Å². The Morgan fingerprint density at radius 1 is 0.517 bits per heavy atom. The third-order valence-electron chi connectivity index (χ3n) is 11.7. The van der Waals surface area contributed by atoms with Crippen molar-refractivity contribution in [2.45, 2.75) is 53.3 Å². The van der Waals surface area contributed by atoms with Crippen LogP contribution in [0.3, 0.4) is 0 Å². The number of nitrogens with two attached hydrogens (primary N) is 2. The van der Waals surface area contributed by atoms with Crippen LogP contribution in [-0.2, 0) is 51.4 Å². The number of hydrogen-bond donors (Lipinski definition) is 6. The van der Waals surface area contributed by atoms with E-state index >= 15 is 0 Å². The minimum Gasteiger partial charge on any atom is -0.491 e. The molecule has 2 fully saturated rings. The molecule has 8 N–H and O–H groups in total. The molecule has 87 heavy (non-hydrogen) atoms. The van der Waals surface area contributed by atoms with Gasteiger partial charge in [-0.25, -0.2) is 25.3 Å². The third-order valence-corrected chi connectivity index (χ3v) is 17.4. The van der Waals surface area contributed by atoms with Crippen LogP contribution in [0.2, 0.25) is 20.1 Å². The number of rotatable bonds is 23. The monoisotopic (exact) mass is 1350 g/mol. The molecule has 17 nitrogen and oxygen atoms in total. The van der Waals surface area contributed by atoms with Gasteiger partial charge in [-0.15, -0.1) is 0 Å². The Morgan fingerprint density at radius 2 is 0.897 bits per heavy atom. The normalized spacial score (nSPS) is 14.1. The molecular weight excluding hydrogens is 1280 g/mol. The van der Waals surface area contributed by atoms with E-state index in [4.69, 9.17) is 92.2 Å². The molecule has 3 atom stereocenters. The average Bonchev–Trinajstić information content (AvgIpc) is 4.65. The number of aliphatic hydroxyl groups excluding tert-OH is 1. The predicted molar refractivity (Wildman–Crippen MR) is 349 cm³/mol. The maximum Gasteiger partial charge on any atom is 0.261 e. The fourth-order valence-corrected chi connectivity index (χ4v) is 10.6. The molecule has 0 unspecified atom stereocenters. The molecule has 2 heterocycles. The quantitative estimate of drug-likeness (QED) is 0.0151. The smallest absolute Gasteiger partial charge is 0.261 e. The lowest BCUT2D eigenvalue weighted by atomic mass is 10.1. The van der Waals surface area contributed by atoms with E-state index < -0.39 is 35.2 Å². The Morgan fingerprint density at radius 3 is 1.26 bits per heavy atom. The van der Waals surface area contributed by atoms with Gasteiger partial charge in [-0.3, -0.25) is 9.44 Å². The molecule has 10 rings (SSSR count). The number of sulfonamides is 2. The summed E-state index contributed by atoms with van der Waals surface area (Å²) in [6, 6.07) is 56.0. The average molecular weight is 1350 g/mol. The number of benzene rings is 8. The number of halogens is 5. The van der Waals surface area contributed by atoms with Crippen LogP contribution in [0.15, 0.2) is 215 Å². The standard InChI is InChI=1S/C23H24Cl2N2O4S.C15H15NO4S.C9H11NO2.C8H9Cl2N.C6H5ClO2S.CH4/c24-22-11-6-17(14-23(22)25)12-13-26-15-19(28)16-31-20-9-7-18(8-10-20)27-32(29,30)21-4-2-1-3-5-21;17-21(18,15-4-2-1-3-5-15)16-12-6-8-13(9-7-12)19-10-14-11-20-14;10-7-1-3-8(4-2-7)11-5-9-6-12-9;9-7-2-1-6(3-4-11)5-8(7)10;7-10(8,9)6-4-2-1-3-5-6;/h1-11,14,19,26-28H,12-13,15-16H2;1-9,14,16H,10-11H2;1-4,9H,5-6,10H2;1-2,5H,3-4,11H2;1-5H;1H4/t19-;14-;9-;;;/m011.../s1. The predicted octanol–water partition coefficient (Wildman–Crippen LogP) is 12.4. The molecular formula is C62H68Cl5N5O12S3. The summed E-state index contributed by atoms with van der Waals surface area (Å²) in [6.45, 7) is 4.53. The van der Waals surface area contributed by atoms with Crippen molar-refractivity contribution >= 4 is 103 Å². The van der Waals surface area contributed by atoms with Crippen LogP contribution < -0.4 is 40.4 Å². The molecule has 0 aliphatic carbocycles. The van der Waals surface area contributed by atoms with Gasteiger partial charge in [0.25, 0.3) is 29.1 Å². The summed E-state index contributed by atoms with van der Waals surface area (Å²) in [7, 11) is -5.69. The lowest BCUT2D eigenvalue weighted by molar-refractivity contribution is 0.106. The van der Waals surface area contributed by atoms with Crippen LogP contribution in [0.25, 0.3) is 0 Å². The lowest BCUT2D eigenvalue weighted by Crippen LogP contribution is -2.32. The highest BCUT2D eigenvalue weighted by Crippen LogP contribution is 2.26. The van der Waals surface area contributed by atoms with Gasteiger partial charge in [-0.1, -0.05) is 121 Å². The van der Waals surface area contributed by atoms with E-state index in [0.29, 0.717) is 81.9 Å². The van der Waals surface area contributed by atoms with Crippen LogP contribution in [-0.4, -0.2) is 101 Å². The summed E-state index contributed by atoms with van der Waals surface area (Å²) in [6.07, 6.45) is 1.41. The number of epoxide rings is 2. The first-order chi connectivity index (χ1) is 41.1. The van der Waals surface area contributed by atoms with Crippen LogP contribution in [0.4, 0.5) is 17.1 Å². The van der Waals surface area contributed by atoms with Crippen LogP contribution >= 0.6 is 57.1 Å². The number of hydrogen-bond acceptors (Lipinski definition) is 15. The summed E-state index contributed by atoms with van der Waals surface area (Å²) >= 11 is 23.4. The molecule has 2 aliphatic heterocycles. The van der Waals surface area contributed by atoms with Crippen molar-refractivity contribution in [2.75, 3.05) is 67.8 Å². The first-order valence-corrected chi connectivity index (χ1v) is 33.2. The van der Waals surface area contributed by atoms with Crippen molar-refractivity contribution in [3.05, 3.63) is 231 Å². The Labute approximate surface area is 534 Å². The highest BCUT2D eigenvalue weighted by molar-refractivity contribution is 8.13. The van der Waals surface area contributed by atoms with E-state index in [1.807, 2.05) is 48.5 Å². The molecule has 0 bridgehead atoms. The fraction of sp³-hybridized carbons (Fsp3) is 0.226. The van der Waals surface area contributed by atoms with Gasteiger partial charge in [-0.05, 0) is 171 Å². The zero-order valence-electron chi connectivity index (χ0n) is 46.1. The maximum atomic E-state index is 12.4. The second-order valence-corrected chi connectivity index (χ2v) is 26.3.